The van der Waals surface area contributed by atoms with Gasteiger partial charge in [0.05, 0.1) is 0 Å². The zero-order valence-corrected chi connectivity index (χ0v) is 7.56. The monoisotopic (exact) mass is 177 g/mol. The molecule has 0 aliphatic carbocycles. The first-order valence-corrected chi connectivity index (χ1v) is 4.58. The molecule has 1 aromatic carbocycles. The molecule has 0 amide bonds. The fraction of sp³-hybridized carbons (Fsp3) is 0.400. The van der Waals surface area contributed by atoms with Crippen LogP contribution in [0.15, 0.2) is 30.3 Å². The molecule has 2 atom stereocenters. The number of nitrogens with zero attached hydrogens (tertiary/aromatic N) is 1. The Kier molecular flexibility index (Phi) is 2.20. The highest BCUT2D eigenvalue weighted by atomic mass is 15.2. The lowest BCUT2D eigenvalue weighted by Crippen LogP contribution is -2.39. The van der Waals surface area contributed by atoms with Crippen molar-refractivity contribution in [2.45, 2.75) is 12.1 Å². The van der Waals surface area contributed by atoms with Crippen LogP contribution in [0.25, 0.3) is 0 Å². The normalized spacial score (nSPS) is 28.0. The molecule has 1 aliphatic rings. The van der Waals surface area contributed by atoms with E-state index < -0.39 is 0 Å². The van der Waals surface area contributed by atoms with Gasteiger partial charge >= 0.3 is 0 Å². The molecule has 0 saturated carbocycles. The molecule has 1 saturated heterocycles. The minimum absolute atomic E-state index is 0.111. The Morgan fingerprint density at radius 3 is 2.08 bits per heavy atom. The van der Waals surface area contributed by atoms with Crippen LogP contribution in [0, 0.1) is 0 Å². The fourth-order valence-corrected chi connectivity index (χ4v) is 1.70. The van der Waals surface area contributed by atoms with E-state index in [1.165, 1.54) is 5.69 Å². The second-order valence-corrected chi connectivity index (χ2v) is 3.57. The van der Waals surface area contributed by atoms with Crippen molar-refractivity contribution >= 4 is 5.69 Å². The zero-order chi connectivity index (χ0) is 9.26. The van der Waals surface area contributed by atoms with Gasteiger partial charge in [0, 0.05) is 30.9 Å². The summed E-state index contributed by atoms with van der Waals surface area (Å²) in [5, 5.41) is 0. The van der Waals surface area contributed by atoms with Crippen molar-refractivity contribution in [2.75, 3.05) is 18.0 Å². The maximum Gasteiger partial charge on any atom is 0.0388 e. The van der Waals surface area contributed by atoms with E-state index in [-0.39, 0.29) is 12.1 Å². The molecular formula is C10H15N3. The molecule has 0 radical (unpaired) electrons. The number of rotatable bonds is 1. The number of nitrogens with two attached hydrogens (primary N) is 2. The molecule has 70 valence electrons. The number of hydrogen-bond acceptors (Lipinski definition) is 3. The Hall–Kier alpha value is -1.06. The Morgan fingerprint density at radius 1 is 1.00 bits per heavy atom. The highest BCUT2D eigenvalue weighted by molar-refractivity contribution is 5.47. The lowest BCUT2D eigenvalue weighted by Gasteiger charge is -2.17. The van der Waals surface area contributed by atoms with Gasteiger partial charge in [-0.05, 0) is 12.1 Å². The lowest BCUT2D eigenvalue weighted by molar-refractivity contribution is 0.642. The molecule has 3 nitrogen and oxygen atoms in total. The minimum atomic E-state index is 0.111. The van der Waals surface area contributed by atoms with Crippen molar-refractivity contribution in [3.63, 3.8) is 0 Å². The van der Waals surface area contributed by atoms with Crippen molar-refractivity contribution < 1.29 is 0 Å². The fourth-order valence-electron chi connectivity index (χ4n) is 1.70. The quantitative estimate of drug-likeness (QED) is 0.642. The molecular weight excluding hydrogens is 162 g/mol. The van der Waals surface area contributed by atoms with Crippen LogP contribution >= 0.6 is 0 Å². The Bertz CT molecular complexity index is 263. The predicted molar refractivity (Wildman–Crippen MR) is 54.6 cm³/mol. The summed E-state index contributed by atoms with van der Waals surface area (Å²) < 4.78 is 0. The highest BCUT2D eigenvalue weighted by Crippen LogP contribution is 2.17. The lowest BCUT2D eigenvalue weighted by atomic mass is 10.2. The molecule has 1 aromatic rings. The molecule has 1 heterocycles. The summed E-state index contributed by atoms with van der Waals surface area (Å²) in [5.41, 5.74) is 12.9. The Morgan fingerprint density at radius 2 is 1.54 bits per heavy atom. The van der Waals surface area contributed by atoms with Crippen LogP contribution in [0.5, 0.6) is 0 Å². The maximum atomic E-state index is 5.84. The summed E-state index contributed by atoms with van der Waals surface area (Å²) in [4.78, 5) is 2.23. The molecule has 13 heavy (non-hydrogen) atoms. The molecule has 2 rings (SSSR count). The van der Waals surface area contributed by atoms with Crippen molar-refractivity contribution in [3.8, 4) is 0 Å². The van der Waals surface area contributed by atoms with Gasteiger partial charge < -0.3 is 16.4 Å². The van der Waals surface area contributed by atoms with Gasteiger partial charge in [0.25, 0.3) is 0 Å². The molecule has 1 aliphatic heterocycles. The van der Waals surface area contributed by atoms with Gasteiger partial charge in [-0.2, -0.15) is 0 Å². The SMILES string of the molecule is NC1CN(c2ccccc2)CC1N. The van der Waals surface area contributed by atoms with E-state index >= 15 is 0 Å². The third-order valence-electron chi connectivity index (χ3n) is 2.53. The van der Waals surface area contributed by atoms with E-state index in [0.29, 0.717) is 0 Å². The van der Waals surface area contributed by atoms with E-state index in [1.54, 1.807) is 0 Å². The van der Waals surface area contributed by atoms with Gasteiger partial charge in [0.1, 0.15) is 0 Å². The summed E-state index contributed by atoms with van der Waals surface area (Å²) in [6.07, 6.45) is 0. The van der Waals surface area contributed by atoms with Crippen LogP contribution in [-0.4, -0.2) is 25.2 Å². The van der Waals surface area contributed by atoms with E-state index in [2.05, 4.69) is 17.0 Å². The highest BCUT2D eigenvalue weighted by Gasteiger charge is 2.26. The smallest absolute Gasteiger partial charge is 0.0388 e. The summed E-state index contributed by atoms with van der Waals surface area (Å²) in [6, 6.07) is 10.5. The van der Waals surface area contributed by atoms with Crippen molar-refractivity contribution in [1.29, 1.82) is 0 Å². The summed E-state index contributed by atoms with van der Waals surface area (Å²) >= 11 is 0. The standard InChI is InChI=1S/C10H15N3/c11-9-6-13(7-10(9)12)8-4-2-1-3-5-8/h1-5,9-10H,6-7,11-12H2. The van der Waals surface area contributed by atoms with Gasteiger partial charge in [0.15, 0.2) is 0 Å². The number of benzene rings is 1. The van der Waals surface area contributed by atoms with Gasteiger partial charge in [0.2, 0.25) is 0 Å². The summed E-state index contributed by atoms with van der Waals surface area (Å²) in [7, 11) is 0. The third kappa shape index (κ3) is 1.66. The van der Waals surface area contributed by atoms with Crippen molar-refractivity contribution in [3.05, 3.63) is 30.3 Å². The van der Waals surface area contributed by atoms with Gasteiger partial charge in [-0.25, -0.2) is 0 Å². The van der Waals surface area contributed by atoms with Gasteiger partial charge in [-0.15, -0.1) is 0 Å². The molecule has 0 aromatic heterocycles. The van der Waals surface area contributed by atoms with Crippen LogP contribution in [0.1, 0.15) is 0 Å². The summed E-state index contributed by atoms with van der Waals surface area (Å²) in [5.74, 6) is 0. The van der Waals surface area contributed by atoms with E-state index in [4.69, 9.17) is 11.5 Å². The number of anilines is 1. The van der Waals surface area contributed by atoms with Gasteiger partial charge in [-0.3, -0.25) is 0 Å². The van der Waals surface area contributed by atoms with Crippen molar-refractivity contribution in [1.82, 2.24) is 0 Å². The predicted octanol–water partition coefficient (Wildman–Crippen LogP) is 0.161. The molecule has 0 spiro atoms. The van der Waals surface area contributed by atoms with Crippen molar-refractivity contribution in [2.24, 2.45) is 11.5 Å². The van der Waals surface area contributed by atoms with Crippen LogP contribution in [-0.2, 0) is 0 Å². The average Bonchev–Trinajstić information content (AvgIpc) is 2.49. The Labute approximate surface area is 78.3 Å². The third-order valence-corrected chi connectivity index (χ3v) is 2.53. The molecule has 2 unspecified atom stereocenters. The van der Waals surface area contributed by atoms with Crippen LogP contribution in [0.4, 0.5) is 5.69 Å². The number of hydrogen-bond donors (Lipinski definition) is 2. The largest absolute Gasteiger partial charge is 0.368 e. The first-order chi connectivity index (χ1) is 6.27. The topological polar surface area (TPSA) is 55.3 Å². The minimum Gasteiger partial charge on any atom is -0.368 e. The molecule has 3 heteroatoms. The molecule has 4 N–H and O–H groups in total. The van der Waals surface area contributed by atoms with Crippen LogP contribution < -0.4 is 16.4 Å². The van der Waals surface area contributed by atoms with E-state index in [0.717, 1.165) is 13.1 Å². The average molecular weight is 177 g/mol. The van der Waals surface area contributed by atoms with E-state index in [9.17, 15) is 0 Å². The molecule has 0 bridgehead atoms. The second kappa shape index (κ2) is 3.36. The van der Waals surface area contributed by atoms with Crippen LogP contribution in [0.2, 0.25) is 0 Å². The van der Waals surface area contributed by atoms with Crippen LogP contribution in [0.3, 0.4) is 0 Å². The number of para-hydroxylation sites is 1. The summed E-state index contributed by atoms with van der Waals surface area (Å²) in [6.45, 7) is 1.73. The molecule has 1 fully saturated rings. The first-order valence-electron chi connectivity index (χ1n) is 4.58. The Balaban J connectivity index is 2.12. The maximum absolute atomic E-state index is 5.84. The van der Waals surface area contributed by atoms with E-state index in [1.807, 2.05) is 18.2 Å². The zero-order valence-electron chi connectivity index (χ0n) is 7.56. The first kappa shape index (κ1) is 8.53. The van der Waals surface area contributed by atoms with Gasteiger partial charge in [-0.1, -0.05) is 18.2 Å². The second-order valence-electron chi connectivity index (χ2n) is 3.57.